The number of carbonyl (C=O) groups excluding carboxylic acids is 1. The van der Waals surface area contributed by atoms with E-state index >= 15 is 0 Å². The third-order valence-corrected chi connectivity index (χ3v) is 4.62. The van der Waals surface area contributed by atoms with E-state index in [4.69, 9.17) is 0 Å². The number of hydrogen-bond donors (Lipinski definition) is 0. The number of amides is 1. The molecule has 0 unspecified atom stereocenters. The first-order valence-electron chi connectivity index (χ1n) is 8.26. The van der Waals surface area contributed by atoms with Gasteiger partial charge in [0, 0.05) is 37.1 Å². The van der Waals surface area contributed by atoms with Crippen LogP contribution in [-0.4, -0.2) is 31.8 Å². The second-order valence-corrected chi connectivity index (χ2v) is 6.18. The van der Waals surface area contributed by atoms with Crippen molar-refractivity contribution in [2.24, 2.45) is 0 Å². The molecule has 26 heavy (non-hydrogen) atoms. The van der Waals surface area contributed by atoms with Crippen LogP contribution in [0.1, 0.15) is 21.5 Å². The van der Waals surface area contributed by atoms with Crippen LogP contribution in [-0.2, 0) is 13.0 Å². The fourth-order valence-corrected chi connectivity index (χ4v) is 3.27. The van der Waals surface area contributed by atoms with Gasteiger partial charge in [-0.05, 0) is 29.7 Å². The van der Waals surface area contributed by atoms with Crippen LogP contribution < -0.4 is 0 Å². The molecule has 4 rings (SSSR count). The lowest BCUT2D eigenvalue weighted by molar-refractivity contribution is -0.384. The van der Waals surface area contributed by atoms with E-state index in [1.54, 1.807) is 34.0 Å². The molecule has 1 amide bonds. The zero-order valence-electron chi connectivity index (χ0n) is 13.9. The van der Waals surface area contributed by atoms with E-state index in [0.717, 1.165) is 12.0 Å². The number of nitro benzene ring substituents is 1. The number of rotatable bonds is 3. The first-order valence-corrected chi connectivity index (χ1v) is 8.26. The fourth-order valence-electron chi connectivity index (χ4n) is 3.27. The van der Waals surface area contributed by atoms with Crippen LogP contribution in [0.4, 0.5) is 5.69 Å². The predicted molar refractivity (Wildman–Crippen MR) is 95.1 cm³/mol. The highest BCUT2D eigenvalue weighted by molar-refractivity contribution is 5.95. The molecule has 2 heterocycles. The summed E-state index contributed by atoms with van der Waals surface area (Å²) in [6.45, 7) is 1.12. The summed E-state index contributed by atoms with van der Waals surface area (Å²) in [6.07, 6.45) is 5.46. The molecular weight excluding hydrogens is 332 g/mol. The maximum Gasteiger partial charge on any atom is 0.294 e. The van der Waals surface area contributed by atoms with Crippen LogP contribution in [0.2, 0.25) is 0 Å². The van der Waals surface area contributed by atoms with Crippen LogP contribution in [0.15, 0.2) is 61.2 Å². The Morgan fingerprint density at radius 3 is 2.69 bits per heavy atom. The van der Waals surface area contributed by atoms with Crippen molar-refractivity contribution < 1.29 is 9.72 Å². The molecule has 0 aliphatic carbocycles. The van der Waals surface area contributed by atoms with Crippen LogP contribution in [0.5, 0.6) is 0 Å². The van der Waals surface area contributed by atoms with Gasteiger partial charge in [0.15, 0.2) is 0 Å². The standard InChI is InChI=1S/C19H16N4O3/c24-19(21-9-7-14-3-1-2-4-16(14)12-21)15-5-6-17(18(11-15)23(25)26)22-10-8-20-13-22/h1-6,8,10-11,13H,7,9,12H2. The van der Waals surface area contributed by atoms with Gasteiger partial charge in [-0.25, -0.2) is 4.98 Å². The Balaban J connectivity index is 1.65. The topological polar surface area (TPSA) is 81.3 Å². The summed E-state index contributed by atoms with van der Waals surface area (Å²) in [6, 6.07) is 12.6. The fraction of sp³-hybridized carbons (Fsp3) is 0.158. The number of fused-ring (bicyclic) bond motifs is 1. The summed E-state index contributed by atoms with van der Waals surface area (Å²) >= 11 is 0. The van der Waals surface area contributed by atoms with Gasteiger partial charge in [-0.1, -0.05) is 24.3 Å². The Bertz CT molecular complexity index is 982. The predicted octanol–water partition coefficient (Wildman–Crippen LogP) is 2.98. The summed E-state index contributed by atoms with van der Waals surface area (Å²) in [5.74, 6) is -0.195. The molecule has 130 valence electrons. The minimum absolute atomic E-state index is 0.119. The molecule has 0 N–H and O–H groups in total. The van der Waals surface area contributed by atoms with Gasteiger partial charge in [0.25, 0.3) is 11.6 Å². The summed E-state index contributed by atoms with van der Waals surface area (Å²) in [4.78, 5) is 29.5. The van der Waals surface area contributed by atoms with Crippen molar-refractivity contribution in [3.05, 3.63) is 88.0 Å². The van der Waals surface area contributed by atoms with Crippen molar-refractivity contribution in [3.8, 4) is 5.69 Å². The van der Waals surface area contributed by atoms with E-state index in [9.17, 15) is 14.9 Å². The van der Waals surface area contributed by atoms with E-state index in [1.807, 2.05) is 18.2 Å². The van der Waals surface area contributed by atoms with Crippen molar-refractivity contribution in [1.29, 1.82) is 0 Å². The smallest absolute Gasteiger partial charge is 0.294 e. The number of nitrogens with zero attached hydrogens (tertiary/aromatic N) is 4. The van der Waals surface area contributed by atoms with Crippen LogP contribution in [0, 0.1) is 10.1 Å². The molecular formula is C19H16N4O3. The second kappa shape index (κ2) is 6.44. The molecule has 0 fully saturated rings. The molecule has 0 atom stereocenters. The van der Waals surface area contributed by atoms with Crippen LogP contribution in [0.25, 0.3) is 5.69 Å². The number of imidazole rings is 1. The molecule has 0 saturated heterocycles. The Morgan fingerprint density at radius 2 is 1.96 bits per heavy atom. The van der Waals surface area contributed by atoms with Crippen molar-refractivity contribution in [2.45, 2.75) is 13.0 Å². The third-order valence-electron chi connectivity index (χ3n) is 4.62. The van der Waals surface area contributed by atoms with Gasteiger partial charge in [-0.15, -0.1) is 0 Å². The lowest BCUT2D eigenvalue weighted by atomic mass is 9.99. The van der Waals surface area contributed by atoms with Crippen molar-refractivity contribution >= 4 is 11.6 Å². The van der Waals surface area contributed by atoms with Gasteiger partial charge in [-0.2, -0.15) is 0 Å². The van der Waals surface area contributed by atoms with Gasteiger partial charge < -0.3 is 9.47 Å². The number of carbonyl (C=O) groups is 1. The van der Waals surface area contributed by atoms with Crippen molar-refractivity contribution in [2.75, 3.05) is 6.54 Å². The second-order valence-electron chi connectivity index (χ2n) is 6.18. The normalized spacial score (nSPS) is 13.3. The monoisotopic (exact) mass is 348 g/mol. The molecule has 3 aromatic rings. The minimum Gasteiger partial charge on any atom is -0.334 e. The van der Waals surface area contributed by atoms with Gasteiger partial charge in [0.1, 0.15) is 5.69 Å². The maximum absolute atomic E-state index is 12.9. The van der Waals surface area contributed by atoms with E-state index in [0.29, 0.717) is 24.3 Å². The van der Waals surface area contributed by atoms with E-state index < -0.39 is 4.92 Å². The summed E-state index contributed by atoms with van der Waals surface area (Å²) < 4.78 is 1.56. The molecule has 7 heteroatoms. The first-order chi connectivity index (χ1) is 12.6. The molecule has 0 saturated carbocycles. The lowest BCUT2D eigenvalue weighted by Gasteiger charge is -2.29. The molecule has 0 bridgehead atoms. The van der Waals surface area contributed by atoms with Crippen LogP contribution in [0.3, 0.4) is 0 Å². The average molecular weight is 348 g/mol. The lowest BCUT2D eigenvalue weighted by Crippen LogP contribution is -2.35. The van der Waals surface area contributed by atoms with E-state index in [1.165, 1.54) is 18.0 Å². The molecule has 0 radical (unpaired) electrons. The highest BCUT2D eigenvalue weighted by atomic mass is 16.6. The summed E-state index contributed by atoms with van der Waals surface area (Å²) in [5, 5.41) is 11.5. The maximum atomic E-state index is 12.9. The third kappa shape index (κ3) is 2.83. The zero-order valence-corrected chi connectivity index (χ0v) is 13.9. The Hall–Kier alpha value is -3.48. The van der Waals surface area contributed by atoms with Crippen molar-refractivity contribution in [3.63, 3.8) is 0 Å². The first kappa shape index (κ1) is 16.0. The minimum atomic E-state index is -0.475. The van der Waals surface area contributed by atoms with Gasteiger partial charge in [-0.3, -0.25) is 14.9 Å². The Kier molecular flexibility index (Phi) is 3.96. The number of benzene rings is 2. The molecule has 2 aromatic carbocycles. The van der Waals surface area contributed by atoms with Gasteiger partial charge >= 0.3 is 0 Å². The molecule has 0 spiro atoms. The van der Waals surface area contributed by atoms with E-state index in [-0.39, 0.29) is 11.6 Å². The highest BCUT2D eigenvalue weighted by Crippen LogP contribution is 2.26. The average Bonchev–Trinajstić information content (AvgIpc) is 3.21. The molecule has 1 aromatic heterocycles. The van der Waals surface area contributed by atoms with E-state index in [2.05, 4.69) is 11.1 Å². The SMILES string of the molecule is O=C(c1ccc(-n2ccnc2)c([N+](=O)[O-])c1)N1CCc2ccccc2C1. The molecule has 7 nitrogen and oxygen atoms in total. The number of aromatic nitrogens is 2. The summed E-state index contributed by atoms with van der Waals surface area (Å²) in [5.41, 5.74) is 2.95. The summed E-state index contributed by atoms with van der Waals surface area (Å²) in [7, 11) is 0. The highest BCUT2D eigenvalue weighted by Gasteiger charge is 2.24. The largest absolute Gasteiger partial charge is 0.334 e. The molecule has 1 aliphatic rings. The molecule has 1 aliphatic heterocycles. The Morgan fingerprint density at radius 1 is 1.15 bits per heavy atom. The van der Waals surface area contributed by atoms with Gasteiger partial charge in [0.2, 0.25) is 0 Å². The number of hydrogen-bond acceptors (Lipinski definition) is 4. The zero-order chi connectivity index (χ0) is 18.1. The quantitative estimate of drug-likeness (QED) is 0.538. The van der Waals surface area contributed by atoms with Gasteiger partial charge in [0.05, 0.1) is 11.3 Å². The van der Waals surface area contributed by atoms with Crippen LogP contribution >= 0.6 is 0 Å². The number of nitro groups is 1. The van der Waals surface area contributed by atoms with Crippen molar-refractivity contribution in [1.82, 2.24) is 14.5 Å². The Labute approximate surface area is 149 Å².